The van der Waals surface area contributed by atoms with Crippen molar-refractivity contribution in [2.75, 3.05) is 18.4 Å². The molecule has 4 heteroatoms. The Kier molecular flexibility index (Phi) is 5.30. The van der Waals surface area contributed by atoms with E-state index >= 15 is 0 Å². The topological polar surface area (TPSA) is 12.0 Å². The molecule has 0 radical (unpaired) electrons. The van der Waals surface area contributed by atoms with Crippen molar-refractivity contribution in [3.63, 3.8) is 0 Å². The van der Waals surface area contributed by atoms with E-state index in [0.29, 0.717) is 5.37 Å². The zero-order chi connectivity index (χ0) is 18.7. The van der Waals surface area contributed by atoms with Gasteiger partial charge in [0.1, 0.15) is 18.8 Å². The van der Waals surface area contributed by atoms with Crippen LogP contribution in [0.4, 0.5) is 11.4 Å². The Morgan fingerprint density at radius 2 is 1.67 bits per heavy atom. The summed E-state index contributed by atoms with van der Waals surface area (Å²) in [6.45, 7) is 9.81. The van der Waals surface area contributed by atoms with Crippen molar-refractivity contribution in [1.29, 1.82) is 0 Å². The number of quaternary nitrogens is 1. The molecule has 0 aliphatic carbocycles. The lowest BCUT2D eigenvalue weighted by Crippen LogP contribution is -2.52. The summed E-state index contributed by atoms with van der Waals surface area (Å²) in [4.78, 5) is 2.63. The Hall–Kier alpha value is -2.14. The summed E-state index contributed by atoms with van der Waals surface area (Å²) in [5, 5.41) is 4.95. The molecule has 2 heterocycles. The summed E-state index contributed by atoms with van der Waals surface area (Å²) in [5.41, 5.74) is 2.55. The molecule has 1 unspecified atom stereocenters. The molecule has 2 aromatic rings. The van der Waals surface area contributed by atoms with Crippen LogP contribution in [0.3, 0.4) is 0 Å². The van der Waals surface area contributed by atoms with Gasteiger partial charge in [-0.3, -0.25) is 4.48 Å². The fourth-order valence-corrected chi connectivity index (χ4v) is 6.05. The van der Waals surface area contributed by atoms with Gasteiger partial charge in [-0.2, -0.15) is 0 Å². The Morgan fingerprint density at radius 1 is 0.963 bits per heavy atom. The van der Waals surface area contributed by atoms with E-state index in [1.54, 1.807) is 11.8 Å². The van der Waals surface area contributed by atoms with E-state index in [9.17, 15) is 0 Å². The molecule has 2 aromatic carbocycles. The van der Waals surface area contributed by atoms with Gasteiger partial charge in [0.2, 0.25) is 0 Å². The molecule has 0 fully saturated rings. The first kappa shape index (κ1) is 18.2. The molecule has 1 atom stereocenters. The predicted octanol–water partition coefficient (Wildman–Crippen LogP) is 6.41. The molecule has 0 saturated heterocycles. The van der Waals surface area contributed by atoms with Crippen LogP contribution in [0.25, 0.3) is 0 Å². The van der Waals surface area contributed by atoms with Crippen LogP contribution in [0.2, 0.25) is 0 Å². The quantitative estimate of drug-likeness (QED) is 0.451. The van der Waals surface area contributed by atoms with Crippen LogP contribution >= 0.6 is 23.5 Å². The molecule has 0 amide bonds. The Balaban J connectivity index is 1.59. The molecule has 2 nitrogen and oxygen atoms in total. The van der Waals surface area contributed by atoms with Crippen LogP contribution in [-0.4, -0.2) is 18.5 Å². The number of hydrogen-bond acceptors (Lipinski definition) is 3. The van der Waals surface area contributed by atoms with Crippen molar-refractivity contribution in [3.8, 4) is 0 Å². The molecule has 1 N–H and O–H groups in total. The molecule has 0 aromatic heterocycles. The molecule has 2 aliphatic rings. The van der Waals surface area contributed by atoms with Gasteiger partial charge in [-0.1, -0.05) is 67.0 Å². The monoisotopic (exact) mass is 391 g/mol. The fraction of sp³-hybridized carbons (Fsp3) is 0.130. The summed E-state index contributed by atoms with van der Waals surface area (Å²) < 4.78 is 0.842. The van der Waals surface area contributed by atoms with Gasteiger partial charge in [0.25, 0.3) is 0 Å². The van der Waals surface area contributed by atoms with Crippen LogP contribution in [-0.2, 0) is 0 Å². The lowest BCUT2D eigenvalue weighted by molar-refractivity contribution is 0.346. The number of rotatable bonds is 6. The van der Waals surface area contributed by atoms with E-state index in [1.165, 1.54) is 26.2 Å². The van der Waals surface area contributed by atoms with Crippen molar-refractivity contribution in [1.82, 2.24) is 4.48 Å². The largest absolute Gasteiger partial charge is 0.349 e. The minimum absolute atomic E-state index is 0.309. The van der Waals surface area contributed by atoms with Gasteiger partial charge in [-0.05, 0) is 42.5 Å². The second kappa shape index (κ2) is 7.85. The maximum Gasteiger partial charge on any atom is 0.165 e. The number of thioether (sulfide) groups is 2. The molecule has 4 rings (SSSR count). The van der Waals surface area contributed by atoms with Crippen LogP contribution < -0.4 is 9.80 Å². The number of anilines is 1. The van der Waals surface area contributed by atoms with Crippen molar-refractivity contribution in [2.45, 2.75) is 15.2 Å². The maximum absolute atomic E-state index is 4.02. The number of hydrogen-bond donors (Lipinski definition) is 1. The average Bonchev–Trinajstić information content (AvgIpc) is 3.22. The second-order valence-electron chi connectivity index (χ2n) is 6.59. The molecule has 0 saturated carbocycles. The van der Waals surface area contributed by atoms with E-state index in [0.717, 1.165) is 17.6 Å². The highest BCUT2D eigenvalue weighted by molar-refractivity contribution is 8.03. The normalized spacial score (nSPS) is 21.0. The predicted molar refractivity (Wildman–Crippen MR) is 121 cm³/mol. The van der Waals surface area contributed by atoms with E-state index < -0.39 is 0 Å². The Morgan fingerprint density at radius 3 is 2.41 bits per heavy atom. The Bertz CT molecular complexity index is 892. The molecular weight excluding hydrogens is 368 g/mol. The summed E-state index contributed by atoms with van der Waals surface area (Å²) in [6, 6.07) is 17.1. The van der Waals surface area contributed by atoms with Gasteiger partial charge in [-0.25, -0.2) is 0 Å². The third-order valence-electron chi connectivity index (χ3n) is 4.88. The van der Waals surface area contributed by atoms with Crippen molar-refractivity contribution >= 4 is 34.9 Å². The number of nitrogens with one attached hydrogen (secondary N) is 1. The second-order valence-corrected chi connectivity index (χ2v) is 8.83. The van der Waals surface area contributed by atoms with Gasteiger partial charge < -0.3 is 5.32 Å². The smallest absolute Gasteiger partial charge is 0.165 e. The van der Waals surface area contributed by atoms with Gasteiger partial charge >= 0.3 is 0 Å². The first-order valence-corrected chi connectivity index (χ1v) is 10.7. The van der Waals surface area contributed by atoms with E-state index in [-0.39, 0.29) is 0 Å². The van der Waals surface area contributed by atoms with Crippen molar-refractivity contribution in [3.05, 3.63) is 97.1 Å². The van der Waals surface area contributed by atoms with Crippen LogP contribution in [0, 0.1) is 0 Å². The van der Waals surface area contributed by atoms with E-state index in [1.807, 2.05) is 23.9 Å². The third-order valence-corrected chi connectivity index (χ3v) is 7.31. The van der Waals surface area contributed by atoms with E-state index in [4.69, 9.17) is 0 Å². The van der Waals surface area contributed by atoms with Crippen LogP contribution in [0.5, 0.6) is 0 Å². The zero-order valence-electron chi connectivity index (χ0n) is 15.2. The summed E-state index contributed by atoms with van der Waals surface area (Å²) in [7, 11) is 0. The zero-order valence-corrected chi connectivity index (χ0v) is 16.8. The minimum atomic E-state index is 0.309. The number of fused-ring (bicyclic) bond motifs is 2. The fourth-order valence-electron chi connectivity index (χ4n) is 3.69. The molecule has 0 spiro atoms. The van der Waals surface area contributed by atoms with Gasteiger partial charge in [0.15, 0.2) is 5.37 Å². The number of benzene rings is 2. The number of nitrogens with zero attached hydrogens (tertiary/aromatic N) is 1. The van der Waals surface area contributed by atoms with Crippen LogP contribution in [0.1, 0.15) is 0 Å². The number of allylic oxidation sites excluding steroid dienone is 2. The summed E-state index contributed by atoms with van der Waals surface area (Å²) >= 11 is 3.71. The molecule has 0 bridgehead atoms. The van der Waals surface area contributed by atoms with Crippen molar-refractivity contribution in [2.24, 2.45) is 0 Å². The van der Waals surface area contributed by atoms with Gasteiger partial charge in [-0.15, -0.1) is 0 Å². The number of para-hydroxylation sites is 2. The molecule has 27 heavy (non-hydrogen) atoms. The highest BCUT2D eigenvalue weighted by Gasteiger charge is 2.44. The molecule has 136 valence electrons. The molecule has 2 aliphatic heterocycles. The Labute approximate surface area is 169 Å². The SMILES string of the molecule is C=CC[N+]1(CC=C)c2ccccc2SC1/C=C/C=C1\Nc2ccccc2S1. The van der Waals surface area contributed by atoms with Gasteiger partial charge in [0.05, 0.1) is 15.6 Å². The highest BCUT2D eigenvalue weighted by Crippen LogP contribution is 2.49. The average molecular weight is 392 g/mol. The lowest BCUT2D eigenvalue weighted by Gasteiger charge is -2.36. The first-order valence-electron chi connectivity index (χ1n) is 9.04. The van der Waals surface area contributed by atoms with E-state index in [2.05, 4.69) is 85.2 Å². The molecular formula is C23H23N2S2+. The third kappa shape index (κ3) is 3.41. The first-order chi connectivity index (χ1) is 13.3. The summed E-state index contributed by atoms with van der Waals surface area (Å²) in [5.74, 6) is 0. The maximum atomic E-state index is 4.02. The van der Waals surface area contributed by atoms with Crippen molar-refractivity contribution < 1.29 is 0 Å². The minimum Gasteiger partial charge on any atom is -0.349 e. The standard InChI is InChI=1S/C23H23N2S2/c1-3-16-25(17-4-2)19-11-6-8-13-21(19)27-23(25)15-9-14-22-24-18-10-5-7-12-20(18)26-22/h3-15,23-24H,1-2,16-17H2/q+1/b15-9+,22-14+. The summed E-state index contributed by atoms with van der Waals surface area (Å²) in [6.07, 6.45) is 10.7. The van der Waals surface area contributed by atoms with Gasteiger partial charge in [0, 0.05) is 11.0 Å². The van der Waals surface area contributed by atoms with Crippen LogP contribution in [0.15, 0.2) is 107 Å². The highest BCUT2D eigenvalue weighted by atomic mass is 32.2. The lowest BCUT2D eigenvalue weighted by atomic mass is 10.2.